The Kier molecular flexibility index (Phi) is 2.84. The predicted octanol–water partition coefficient (Wildman–Crippen LogP) is 0.928. The Hall–Kier alpha value is -0.870. The zero-order valence-electron chi connectivity index (χ0n) is 8.07. The van der Waals surface area contributed by atoms with Crippen LogP contribution in [0.25, 0.3) is 0 Å². The fourth-order valence-corrected chi connectivity index (χ4v) is 1.77. The van der Waals surface area contributed by atoms with Gasteiger partial charge >= 0.3 is 0 Å². The van der Waals surface area contributed by atoms with Crippen molar-refractivity contribution in [3.63, 3.8) is 0 Å². The van der Waals surface area contributed by atoms with Crippen LogP contribution in [0, 0.1) is 0 Å². The van der Waals surface area contributed by atoms with Crippen LogP contribution in [0.15, 0.2) is 12.4 Å². The lowest BCUT2D eigenvalue weighted by Gasteiger charge is -2.16. The molecule has 0 amide bonds. The summed E-state index contributed by atoms with van der Waals surface area (Å²) < 4.78 is 0. The third-order valence-electron chi connectivity index (χ3n) is 2.53. The molecule has 1 unspecified atom stereocenters. The Balaban J connectivity index is 2.06. The zero-order valence-corrected chi connectivity index (χ0v) is 8.83. The number of hydrogen-bond acceptors (Lipinski definition) is 4. The molecule has 1 aromatic heterocycles. The summed E-state index contributed by atoms with van der Waals surface area (Å²) in [5.74, 6) is 0.909. The van der Waals surface area contributed by atoms with E-state index in [4.69, 9.17) is 11.6 Å². The highest BCUT2D eigenvalue weighted by Crippen LogP contribution is 2.17. The van der Waals surface area contributed by atoms with E-state index in [1.807, 2.05) is 7.05 Å². The quantitative estimate of drug-likeness (QED) is 0.792. The van der Waals surface area contributed by atoms with Crippen molar-refractivity contribution in [2.75, 3.05) is 25.0 Å². The van der Waals surface area contributed by atoms with Gasteiger partial charge in [-0.3, -0.25) is 0 Å². The highest BCUT2D eigenvalue weighted by atomic mass is 35.5. The molecule has 1 aromatic rings. The fourth-order valence-electron chi connectivity index (χ4n) is 1.67. The van der Waals surface area contributed by atoms with E-state index in [9.17, 15) is 0 Å². The molecule has 1 N–H and O–H groups in total. The molecule has 1 atom stereocenters. The molecular weight excluding hydrogens is 200 g/mol. The van der Waals surface area contributed by atoms with E-state index in [0.29, 0.717) is 11.2 Å². The van der Waals surface area contributed by atoms with Gasteiger partial charge in [0.05, 0.1) is 12.4 Å². The Morgan fingerprint density at radius 1 is 1.50 bits per heavy atom. The first-order valence-electron chi connectivity index (χ1n) is 4.69. The molecule has 4 nitrogen and oxygen atoms in total. The summed E-state index contributed by atoms with van der Waals surface area (Å²) in [6, 6.07) is 0.562. The molecule has 76 valence electrons. The number of likely N-dealkylation sites (N-methyl/N-ethyl adjacent to an activating group) is 1. The van der Waals surface area contributed by atoms with Gasteiger partial charge < -0.3 is 10.2 Å². The van der Waals surface area contributed by atoms with E-state index in [2.05, 4.69) is 20.2 Å². The van der Waals surface area contributed by atoms with Gasteiger partial charge in [-0.15, -0.1) is 0 Å². The maximum atomic E-state index is 5.67. The number of nitrogens with one attached hydrogen (secondary N) is 1. The van der Waals surface area contributed by atoms with Gasteiger partial charge in [0, 0.05) is 19.1 Å². The van der Waals surface area contributed by atoms with Crippen LogP contribution in [0.1, 0.15) is 6.42 Å². The first-order valence-corrected chi connectivity index (χ1v) is 5.07. The van der Waals surface area contributed by atoms with Crippen LogP contribution < -0.4 is 10.2 Å². The molecule has 0 bridgehead atoms. The summed E-state index contributed by atoms with van der Waals surface area (Å²) >= 11 is 5.67. The summed E-state index contributed by atoms with van der Waals surface area (Å²) in [7, 11) is 1.99. The minimum atomic E-state index is 0.443. The summed E-state index contributed by atoms with van der Waals surface area (Å²) in [5, 5.41) is 3.70. The summed E-state index contributed by atoms with van der Waals surface area (Å²) in [6.07, 6.45) is 4.46. The average molecular weight is 213 g/mol. The topological polar surface area (TPSA) is 41.0 Å². The lowest BCUT2D eigenvalue weighted by Crippen LogP contribution is -2.29. The number of anilines is 1. The number of aromatic nitrogens is 2. The van der Waals surface area contributed by atoms with Gasteiger partial charge in [0.1, 0.15) is 11.0 Å². The second-order valence-corrected chi connectivity index (χ2v) is 3.80. The van der Waals surface area contributed by atoms with Gasteiger partial charge in [0.15, 0.2) is 0 Å². The van der Waals surface area contributed by atoms with E-state index in [1.165, 1.54) is 0 Å². The molecule has 5 heteroatoms. The summed E-state index contributed by atoms with van der Waals surface area (Å²) in [5.41, 5.74) is 0. The van der Waals surface area contributed by atoms with Crippen LogP contribution in [0.4, 0.5) is 5.82 Å². The molecule has 0 aromatic carbocycles. The summed E-state index contributed by atoms with van der Waals surface area (Å²) in [4.78, 5) is 10.5. The van der Waals surface area contributed by atoms with Crippen molar-refractivity contribution in [2.24, 2.45) is 0 Å². The second kappa shape index (κ2) is 4.11. The minimum Gasteiger partial charge on any atom is -0.354 e. The van der Waals surface area contributed by atoms with E-state index in [1.54, 1.807) is 12.4 Å². The van der Waals surface area contributed by atoms with Crippen molar-refractivity contribution < 1.29 is 0 Å². The molecule has 0 saturated carbocycles. The standard InChI is InChI=1S/C9H13ClN4/c1-11-7-2-3-14(6-7)9-5-12-8(10)4-13-9/h4-5,7,11H,2-3,6H2,1H3. The normalized spacial score (nSPS) is 21.6. The zero-order chi connectivity index (χ0) is 9.97. The molecule has 2 heterocycles. The lowest BCUT2D eigenvalue weighted by atomic mass is 10.3. The maximum Gasteiger partial charge on any atom is 0.147 e. The molecular formula is C9H13ClN4. The van der Waals surface area contributed by atoms with E-state index in [0.717, 1.165) is 25.3 Å². The van der Waals surface area contributed by atoms with Crippen molar-refractivity contribution in [1.29, 1.82) is 0 Å². The van der Waals surface area contributed by atoms with E-state index >= 15 is 0 Å². The molecule has 1 aliphatic rings. The number of halogens is 1. The van der Waals surface area contributed by atoms with Crippen LogP contribution in [0.5, 0.6) is 0 Å². The monoisotopic (exact) mass is 212 g/mol. The van der Waals surface area contributed by atoms with Crippen molar-refractivity contribution in [2.45, 2.75) is 12.5 Å². The van der Waals surface area contributed by atoms with Crippen molar-refractivity contribution in [3.8, 4) is 0 Å². The van der Waals surface area contributed by atoms with Crippen LogP contribution in [0.2, 0.25) is 5.15 Å². The molecule has 1 aliphatic heterocycles. The van der Waals surface area contributed by atoms with Crippen LogP contribution in [0.3, 0.4) is 0 Å². The van der Waals surface area contributed by atoms with Crippen molar-refractivity contribution in [3.05, 3.63) is 17.5 Å². The van der Waals surface area contributed by atoms with E-state index in [-0.39, 0.29) is 0 Å². The van der Waals surface area contributed by atoms with Crippen molar-refractivity contribution >= 4 is 17.4 Å². The predicted molar refractivity (Wildman–Crippen MR) is 56.7 cm³/mol. The largest absolute Gasteiger partial charge is 0.354 e. The Morgan fingerprint density at radius 3 is 2.93 bits per heavy atom. The first kappa shape index (κ1) is 9.68. The van der Waals surface area contributed by atoms with Crippen molar-refractivity contribution in [1.82, 2.24) is 15.3 Å². The minimum absolute atomic E-state index is 0.443. The molecule has 0 spiro atoms. The Morgan fingerprint density at radius 2 is 2.36 bits per heavy atom. The molecule has 1 saturated heterocycles. The third kappa shape index (κ3) is 1.96. The molecule has 2 rings (SSSR count). The van der Waals surface area contributed by atoms with Crippen LogP contribution >= 0.6 is 11.6 Å². The van der Waals surface area contributed by atoms with E-state index < -0.39 is 0 Å². The number of nitrogens with zero attached hydrogens (tertiary/aromatic N) is 3. The first-order chi connectivity index (χ1) is 6.79. The third-order valence-corrected chi connectivity index (χ3v) is 2.72. The van der Waals surface area contributed by atoms with Crippen LogP contribution in [-0.2, 0) is 0 Å². The second-order valence-electron chi connectivity index (χ2n) is 3.42. The Bertz CT molecular complexity index is 300. The fraction of sp³-hybridized carbons (Fsp3) is 0.556. The number of rotatable bonds is 2. The summed E-state index contributed by atoms with van der Waals surface area (Å²) in [6.45, 7) is 2.02. The highest BCUT2D eigenvalue weighted by molar-refractivity contribution is 6.29. The Labute approximate surface area is 88.3 Å². The smallest absolute Gasteiger partial charge is 0.147 e. The SMILES string of the molecule is CNC1CCN(c2cnc(Cl)cn2)C1. The molecule has 1 fully saturated rings. The van der Waals surface area contributed by atoms with Gasteiger partial charge in [-0.05, 0) is 13.5 Å². The number of hydrogen-bond donors (Lipinski definition) is 1. The van der Waals surface area contributed by atoms with Crippen LogP contribution in [-0.4, -0.2) is 36.1 Å². The van der Waals surface area contributed by atoms with Gasteiger partial charge in [-0.25, -0.2) is 9.97 Å². The molecule has 0 radical (unpaired) electrons. The van der Waals surface area contributed by atoms with Gasteiger partial charge in [-0.2, -0.15) is 0 Å². The molecule has 0 aliphatic carbocycles. The van der Waals surface area contributed by atoms with Gasteiger partial charge in [-0.1, -0.05) is 11.6 Å². The van der Waals surface area contributed by atoms with Gasteiger partial charge in [0.2, 0.25) is 0 Å². The maximum absolute atomic E-state index is 5.67. The average Bonchev–Trinajstić information content (AvgIpc) is 2.67. The molecule has 14 heavy (non-hydrogen) atoms. The highest BCUT2D eigenvalue weighted by Gasteiger charge is 2.21. The van der Waals surface area contributed by atoms with Gasteiger partial charge in [0.25, 0.3) is 0 Å². The lowest BCUT2D eigenvalue weighted by molar-refractivity contribution is 0.616.